The van der Waals surface area contributed by atoms with Crippen molar-refractivity contribution in [2.45, 2.75) is 0 Å². The number of carbonyl (C=O) groups excluding carboxylic acids is 1. The summed E-state index contributed by atoms with van der Waals surface area (Å²) in [5.41, 5.74) is 1.37. The van der Waals surface area contributed by atoms with Crippen LogP contribution < -0.4 is 5.32 Å². The molecule has 1 aromatic heterocycles. The second-order valence-corrected chi connectivity index (χ2v) is 4.60. The van der Waals surface area contributed by atoms with Crippen molar-refractivity contribution >= 4 is 34.1 Å². The Balaban J connectivity index is 1.93. The lowest BCUT2D eigenvalue weighted by atomic mass is 10.2. The molecule has 2 N–H and O–H groups in total. The molecule has 0 aliphatic carbocycles. The van der Waals surface area contributed by atoms with Crippen LogP contribution in [0.4, 0.5) is 10.1 Å². The van der Waals surface area contributed by atoms with E-state index in [0.29, 0.717) is 11.1 Å². The van der Waals surface area contributed by atoms with Crippen molar-refractivity contribution < 1.29 is 9.18 Å². The molecule has 0 saturated heterocycles. The number of rotatable bonds is 2. The van der Waals surface area contributed by atoms with E-state index in [1.807, 2.05) is 18.2 Å². The summed E-state index contributed by atoms with van der Waals surface area (Å²) >= 11 is 5.87. The molecule has 0 unspecified atom stereocenters. The van der Waals surface area contributed by atoms with Crippen LogP contribution in [0.3, 0.4) is 0 Å². The highest BCUT2D eigenvalue weighted by Crippen LogP contribution is 2.24. The van der Waals surface area contributed by atoms with Crippen LogP contribution in [0.2, 0.25) is 5.02 Å². The van der Waals surface area contributed by atoms with Crippen molar-refractivity contribution in [1.82, 2.24) is 10.2 Å². The van der Waals surface area contributed by atoms with Gasteiger partial charge in [0.05, 0.1) is 16.2 Å². The highest BCUT2D eigenvalue weighted by atomic mass is 35.5. The predicted octanol–water partition coefficient (Wildman–Crippen LogP) is 3.61. The minimum Gasteiger partial charge on any atom is -0.319 e. The Morgan fingerprint density at radius 2 is 2.05 bits per heavy atom. The minimum atomic E-state index is -0.460. The van der Waals surface area contributed by atoms with Crippen LogP contribution in [0.15, 0.2) is 42.5 Å². The molecule has 0 spiro atoms. The molecule has 0 aliphatic rings. The summed E-state index contributed by atoms with van der Waals surface area (Å²) in [7, 11) is 0. The summed E-state index contributed by atoms with van der Waals surface area (Å²) in [5, 5.41) is 10.2. The van der Waals surface area contributed by atoms with E-state index in [9.17, 15) is 9.18 Å². The summed E-state index contributed by atoms with van der Waals surface area (Å²) in [6.07, 6.45) is 0. The SMILES string of the molecule is O=C(Nc1ccc(F)cc1Cl)c1n[nH]c2ccccc12. The number of anilines is 1. The smallest absolute Gasteiger partial charge is 0.276 e. The van der Waals surface area contributed by atoms with Crippen LogP contribution in [-0.2, 0) is 0 Å². The van der Waals surface area contributed by atoms with Gasteiger partial charge in [0, 0.05) is 5.39 Å². The Bertz CT molecular complexity index is 800. The third-order valence-corrected chi connectivity index (χ3v) is 3.18. The van der Waals surface area contributed by atoms with Crippen LogP contribution >= 0.6 is 11.6 Å². The molecule has 0 aliphatic heterocycles. The standard InChI is InChI=1S/C14H9ClFN3O/c15-10-7-8(16)5-6-12(10)17-14(20)13-9-3-1-2-4-11(9)18-19-13/h1-7H,(H,17,20)(H,18,19). The lowest BCUT2D eigenvalue weighted by molar-refractivity contribution is 0.102. The highest BCUT2D eigenvalue weighted by Gasteiger charge is 2.15. The first-order chi connectivity index (χ1) is 9.65. The second kappa shape index (κ2) is 4.94. The number of carbonyl (C=O) groups is 1. The number of para-hydroxylation sites is 1. The highest BCUT2D eigenvalue weighted by molar-refractivity contribution is 6.34. The van der Waals surface area contributed by atoms with Gasteiger partial charge in [-0.3, -0.25) is 9.89 Å². The average Bonchev–Trinajstić information content (AvgIpc) is 2.86. The largest absolute Gasteiger partial charge is 0.319 e. The zero-order valence-electron chi connectivity index (χ0n) is 10.2. The molecule has 100 valence electrons. The molecule has 0 radical (unpaired) electrons. The van der Waals surface area contributed by atoms with E-state index in [1.54, 1.807) is 6.07 Å². The number of hydrogen-bond donors (Lipinski definition) is 2. The quantitative estimate of drug-likeness (QED) is 0.757. The van der Waals surface area contributed by atoms with E-state index in [4.69, 9.17) is 11.6 Å². The molecule has 20 heavy (non-hydrogen) atoms. The fourth-order valence-corrected chi connectivity index (χ4v) is 2.12. The van der Waals surface area contributed by atoms with E-state index in [0.717, 1.165) is 11.6 Å². The number of nitrogens with one attached hydrogen (secondary N) is 2. The molecule has 3 aromatic rings. The second-order valence-electron chi connectivity index (χ2n) is 4.20. The number of H-pyrrole nitrogens is 1. The third kappa shape index (κ3) is 2.23. The Kier molecular flexibility index (Phi) is 3.12. The normalized spacial score (nSPS) is 10.7. The van der Waals surface area contributed by atoms with E-state index < -0.39 is 11.7 Å². The van der Waals surface area contributed by atoms with Gasteiger partial charge in [-0.1, -0.05) is 29.8 Å². The number of nitrogens with zero attached hydrogens (tertiary/aromatic N) is 1. The average molecular weight is 290 g/mol. The molecule has 6 heteroatoms. The van der Waals surface area contributed by atoms with Gasteiger partial charge in [-0.25, -0.2) is 4.39 Å². The third-order valence-electron chi connectivity index (χ3n) is 2.86. The molecule has 0 fully saturated rings. The van der Waals surface area contributed by atoms with Crippen molar-refractivity contribution in [3.8, 4) is 0 Å². The first-order valence-corrected chi connectivity index (χ1v) is 6.22. The van der Waals surface area contributed by atoms with Gasteiger partial charge in [0.25, 0.3) is 5.91 Å². The van der Waals surface area contributed by atoms with Crippen molar-refractivity contribution in [3.63, 3.8) is 0 Å². The fourth-order valence-electron chi connectivity index (χ4n) is 1.91. The Morgan fingerprint density at radius 1 is 1.25 bits per heavy atom. The van der Waals surface area contributed by atoms with E-state index >= 15 is 0 Å². The summed E-state index contributed by atoms with van der Waals surface area (Å²) in [4.78, 5) is 12.2. The van der Waals surface area contributed by atoms with Gasteiger partial charge in [-0.05, 0) is 24.3 Å². The molecule has 2 aromatic carbocycles. The van der Waals surface area contributed by atoms with Crippen molar-refractivity contribution in [2.75, 3.05) is 5.32 Å². The maximum absolute atomic E-state index is 13.0. The molecule has 1 amide bonds. The van der Waals surface area contributed by atoms with Crippen molar-refractivity contribution in [3.05, 3.63) is 59.0 Å². The van der Waals surface area contributed by atoms with E-state index in [1.165, 1.54) is 12.1 Å². The number of amides is 1. The summed E-state index contributed by atoms with van der Waals surface area (Å²) in [5.74, 6) is -0.867. The predicted molar refractivity (Wildman–Crippen MR) is 75.5 cm³/mol. The molecular formula is C14H9ClFN3O. The van der Waals surface area contributed by atoms with Crippen LogP contribution in [-0.4, -0.2) is 16.1 Å². The monoisotopic (exact) mass is 289 g/mol. The first-order valence-electron chi connectivity index (χ1n) is 5.84. The van der Waals surface area contributed by atoms with Crippen LogP contribution in [0.25, 0.3) is 10.9 Å². The molecule has 3 rings (SSSR count). The van der Waals surface area contributed by atoms with Crippen molar-refractivity contribution in [1.29, 1.82) is 0 Å². The van der Waals surface area contributed by atoms with E-state index in [2.05, 4.69) is 15.5 Å². The lowest BCUT2D eigenvalue weighted by Gasteiger charge is -2.05. The Labute approximate surface area is 118 Å². The van der Waals surface area contributed by atoms with Gasteiger partial charge in [0.15, 0.2) is 5.69 Å². The topological polar surface area (TPSA) is 57.8 Å². The number of hydrogen-bond acceptors (Lipinski definition) is 2. The molecule has 0 bridgehead atoms. The number of fused-ring (bicyclic) bond motifs is 1. The number of aromatic amines is 1. The van der Waals surface area contributed by atoms with Crippen LogP contribution in [0, 0.1) is 5.82 Å². The van der Waals surface area contributed by atoms with Gasteiger partial charge in [0.2, 0.25) is 0 Å². The maximum atomic E-state index is 13.0. The Morgan fingerprint density at radius 3 is 2.85 bits per heavy atom. The zero-order valence-corrected chi connectivity index (χ0v) is 10.9. The van der Waals surface area contributed by atoms with Gasteiger partial charge in [-0.2, -0.15) is 5.10 Å². The number of aromatic nitrogens is 2. The van der Waals surface area contributed by atoms with Gasteiger partial charge in [-0.15, -0.1) is 0 Å². The number of halogens is 2. The summed E-state index contributed by atoms with van der Waals surface area (Å²) in [6.45, 7) is 0. The van der Waals surface area contributed by atoms with Crippen LogP contribution in [0.5, 0.6) is 0 Å². The van der Waals surface area contributed by atoms with Gasteiger partial charge >= 0.3 is 0 Å². The molecule has 4 nitrogen and oxygen atoms in total. The maximum Gasteiger partial charge on any atom is 0.276 e. The van der Waals surface area contributed by atoms with Gasteiger partial charge in [0.1, 0.15) is 5.82 Å². The van der Waals surface area contributed by atoms with Crippen LogP contribution in [0.1, 0.15) is 10.5 Å². The molecule has 1 heterocycles. The molecular weight excluding hydrogens is 281 g/mol. The minimum absolute atomic E-state index is 0.137. The lowest BCUT2D eigenvalue weighted by Crippen LogP contribution is -2.13. The first kappa shape index (κ1) is 12.6. The molecule has 0 atom stereocenters. The Hall–Kier alpha value is -2.40. The molecule has 0 saturated carbocycles. The van der Waals surface area contributed by atoms with E-state index in [-0.39, 0.29) is 10.7 Å². The zero-order chi connectivity index (χ0) is 14.1. The summed E-state index contributed by atoms with van der Waals surface area (Å²) < 4.78 is 13.0. The number of benzene rings is 2. The fraction of sp³-hybridized carbons (Fsp3) is 0. The van der Waals surface area contributed by atoms with Crippen molar-refractivity contribution in [2.24, 2.45) is 0 Å². The summed E-state index contributed by atoms with van der Waals surface area (Å²) in [6, 6.07) is 11.1. The van der Waals surface area contributed by atoms with Gasteiger partial charge < -0.3 is 5.32 Å².